The van der Waals surface area contributed by atoms with Crippen molar-refractivity contribution >= 4 is 45.1 Å². The molecule has 0 saturated heterocycles. The van der Waals surface area contributed by atoms with Gasteiger partial charge in [0.15, 0.2) is 0 Å². The van der Waals surface area contributed by atoms with Gasteiger partial charge in [-0.15, -0.1) is 0 Å². The van der Waals surface area contributed by atoms with Gasteiger partial charge in [0.05, 0.1) is 0 Å². The van der Waals surface area contributed by atoms with Crippen LogP contribution in [-0.2, 0) is 5.33 Å². The van der Waals surface area contributed by atoms with Crippen LogP contribution in [0.5, 0.6) is 0 Å². The summed E-state index contributed by atoms with van der Waals surface area (Å²) in [4.78, 5) is 2.27. The van der Waals surface area contributed by atoms with E-state index in [9.17, 15) is 0 Å². The monoisotopic (exact) mass is 439 g/mol. The SMILES string of the molecule is BrCc1ccc(C=Cc2ccc(N(c3ccccc3)c3ccccc3)cc2)cc1. The lowest BCUT2D eigenvalue weighted by atomic mass is 10.1. The van der Waals surface area contributed by atoms with Gasteiger partial charge < -0.3 is 4.90 Å². The lowest BCUT2D eigenvalue weighted by Crippen LogP contribution is -2.09. The van der Waals surface area contributed by atoms with Gasteiger partial charge in [-0.3, -0.25) is 0 Å². The number of benzene rings is 4. The quantitative estimate of drug-likeness (QED) is 0.216. The first-order valence-electron chi connectivity index (χ1n) is 9.67. The Bertz CT molecular complexity index is 1010. The summed E-state index contributed by atoms with van der Waals surface area (Å²) in [6.45, 7) is 0. The third kappa shape index (κ3) is 4.85. The Morgan fingerprint density at radius 1 is 0.517 bits per heavy atom. The van der Waals surface area contributed by atoms with Crippen LogP contribution in [0.2, 0.25) is 0 Å². The standard InChI is InChI=1S/C27H22BrN/c28-21-24-15-13-22(14-16-24)11-12-23-17-19-27(20-18-23)29(25-7-3-1-4-8-25)26-9-5-2-6-10-26/h1-20H,21H2. The molecule has 4 aromatic rings. The van der Waals surface area contributed by atoms with Crippen LogP contribution in [0.4, 0.5) is 17.1 Å². The summed E-state index contributed by atoms with van der Waals surface area (Å²) in [5.74, 6) is 0. The average Bonchev–Trinajstić information content (AvgIpc) is 2.80. The van der Waals surface area contributed by atoms with E-state index in [1.165, 1.54) is 16.7 Å². The van der Waals surface area contributed by atoms with Crippen molar-refractivity contribution < 1.29 is 0 Å². The molecule has 0 amide bonds. The Balaban J connectivity index is 1.59. The second-order valence-corrected chi connectivity index (χ2v) is 7.37. The molecule has 0 radical (unpaired) electrons. The first-order valence-corrected chi connectivity index (χ1v) is 10.8. The molecule has 0 heterocycles. The predicted octanol–water partition coefficient (Wildman–Crippen LogP) is 8.22. The predicted molar refractivity (Wildman–Crippen MR) is 129 cm³/mol. The molecule has 0 spiro atoms. The largest absolute Gasteiger partial charge is 0.311 e. The van der Waals surface area contributed by atoms with Crippen molar-refractivity contribution in [2.75, 3.05) is 4.90 Å². The van der Waals surface area contributed by atoms with E-state index in [1.807, 2.05) is 12.1 Å². The Kier molecular flexibility index (Phi) is 6.23. The van der Waals surface area contributed by atoms with Crippen LogP contribution in [0.3, 0.4) is 0 Å². The smallest absolute Gasteiger partial charge is 0.0462 e. The minimum Gasteiger partial charge on any atom is -0.311 e. The molecule has 4 rings (SSSR count). The molecule has 29 heavy (non-hydrogen) atoms. The fourth-order valence-corrected chi connectivity index (χ4v) is 3.62. The molecule has 0 aromatic heterocycles. The molecule has 0 aliphatic carbocycles. The van der Waals surface area contributed by atoms with E-state index < -0.39 is 0 Å². The molecule has 2 heteroatoms. The minimum atomic E-state index is 0.887. The van der Waals surface area contributed by atoms with Gasteiger partial charge in [-0.2, -0.15) is 0 Å². The Morgan fingerprint density at radius 3 is 1.38 bits per heavy atom. The molecule has 0 N–H and O–H groups in total. The van der Waals surface area contributed by atoms with Gasteiger partial charge in [0.2, 0.25) is 0 Å². The summed E-state index contributed by atoms with van der Waals surface area (Å²) >= 11 is 3.49. The van der Waals surface area contributed by atoms with Crippen LogP contribution in [-0.4, -0.2) is 0 Å². The Morgan fingerprint density at radius 2 is 0.931 bits per heavy atom. The summed E-state index contributed by atoms with van der Waals surface area (Å²) in [5.41, 5.74) is 7.10. The number of alkyl halides is 1. The maximum atomic E-state index is 3.49. The summed E-state index contributed by atoms with van der Waals surface area (Å²) in [7, 11) is 0. The van der Waals surface area contributed by atoms with Gasteiger partial charge >= 0.3 is 0 Å². The van der Waals surface area contributed by atoms with E-state index in [1.54, 1.807) is 0 Å². The number of hydrogen-bond donors (Lipinski definition) is 0. The van der Waals surface area contributed by atoms with Crippen LogP contribution in [0.1, 0.15) is 16.7 Å². The zero-order chi connectivity index (χ0) is 19.9. The van der Waals surface area contributed by atoms with Gasteiger partial charge in [0.25, 0.3) is 0 Å². The Hall–Kier alpha value is -3.10. The van der Waals surface area contributed by atoms with Crippen LogP contribution < -0.4 is 4.90 Å². The molecular formula is C27H22BrN. The summed E-state index contributed by atoms with van der Waals surface area (Å²) < 4.78 is 0. The normalized spacial score (nSPS) is 10.9. The van der Waals surface area contributed by atoms with E-state index >= 15 is 0 Å². The van der Waals surface area contributed by atoms with Gasteiger partial charge in [-0.1, -0.05) is 101 Å². The summed E-state index contributed by atoms with van der Waals surface area (Å²) in [6, 6.07) is 38.2. The van der Waals surface area contributed by atoms with Crippen LogP contribution in [0.25, 0.3) is 12.2 Å². The second kappa shape index (κ2) is 9.40. The highest BCUT2D eigenvalue weighted by molar-refractivity contribution is 9.08. The molecule has 0 unspecified atom stereocenters. The molecular weight excluding hydrogens is 418 g/mol. The van der Waals surface area contributed by atoms with Crippen molar-refractivity contribution in [1.29, 1.82) is 0 Å². The first kappa shape index (κ1) is 19.2. The number of para-hydroxylation sites is 2. The molecule has 0 fully saturated rings. The number of hydrogen-bond acceptors (Lipinski definition) is 1. The lowest BCUT2D eigenvalue weighted by molar-refractivity contribution is 1.28. The van der Waals surface area contributed by atoms with E-state index in [4.69, 9.17) is 0 Å². The molecule has 142 valence electrons. The van der Waals surface area contributed by atoms with Crippen molar-refractivity contribution in [2.45, 2.75) is 5.33 Å². The van der Waals surface area contributed by atoms with E-state index in [0.29, 0.717) is 0 Å². The fourth-order valence-electron chi connectivity index (χ4n) is 3.25. The van der Waals surface area contributed by atoms with Crippen molar-refractivity contribution in [2.24, 2.45) is 0 Å². The summed E-state index contributed by atoms with van der Waals surface area (Å²) in [5, 5.41) is 0.887. The molecule has 0 aliphatic rings. The van der Waals surface area contributed by atoms with Gasteiger partial charge in [0, 0.05) is 22.4 Å². The van der Waals surface area contributed by atoms with Crippen molar-refractivity contribution in [1.82, 2.24) is 0 Å². The van der Waals surface area contributed by atoms with Crippen molar-refractivity contribution in [3.8, 4) is 0 Å². The molecule has 0 atom stereocenters. The average molecular weight is 440 g/mol. The van der Waals surface area contributed by atoms with E-state index in [0.717, 1.165) is 22.4 Å². The molecule has 1 nitrogen and oxygen atoms in total. The maximum Gasteiger partial charge on any atom is 0.0462 e. The van der Waals surface area contributed by atoms with E-state index in [-0.39, 0.29) is 0 Å². The number of nitrogens with zero attached hydrogens (tertiary/aromatic N) is 1. The van der Waals surface area contributed by atoms with Crippen LogP contribution >= 0.6 is 15.9 Å². The van der Waals surface area contributed by atoms with Crippen LogP contribution in [0.15, 0.2) is 109 Å². The molecule has 0 bridgehead atoms. The number of anilines is 3. The third-order valence-corrected chi connectivity index (χ3v) is 5.43. The molecule has 0 aliphatic heterocycles. The van der Waals surface area contributed by atoms with E-state index in [2.05, 4.69) is 130 Å². The molecule has 4 aromatic carbocycles. The second-order valence-electron chi connectivity index (χ2n) is 6.81. The fraction of sp³-hybridized carbons (Fsp3) is 0.0370. The van der Waals surface area contributed by atoms with Gasteiger partial charge in [-0.25, -0.2) is 0 Å². The number of halogens is 1. The Labute approximate surface area is 181 Å². The lowest BCUT2D eigenvalue weighted by Gasteiger charge is -2.25. The van der Waals surface area contributed by atoms with Crippen molar-refractivity contribution in [3.63, 3.8) is 0 Å². The highest BCUT2D eigenvalue weighted by Crippen LogP contribution is 2.34. The highest BCUT2D eigenvalue weighted by Gasteiger charge is 2.11. The highest BCUT2D eigenvalue weighted by atomic mass is 79.9. The topological polar surface area (TPSA) is 3.24 Å². The van der Waals surface area contributed by atoms with Gasteiger partial charge in [-0.05, 0) is 53.1 Å². The van der Waals surface area contributed by atoms with Crippen molar-refractivity contribution in [3.05, 3.63) is 126 Å². The molecule has 0 saturated carbocycles. The number of rotatable bonds is 6. The minimum absolute atomic E-state index is 0.887. The van der Waals surface area contributed by atoms with Gasteiger partial charge in [0.1, 0.15) is 0 Å². The third-order valence-electron chi connectivity index (χ3n) is 4.78. The maximum absolute atomic E-state index is 3.49. The zero-order valence-electron chi connectivity index (χ0n) is 16.1. The van der Waals surface area contributed by atoms with Crippen LogP contribution in [0, 0.1) is 0 Å². The first-order chi connectivity index (χ1) is 14.3. The zero-order valence-corrected chi connectivity index (χ0v) is 17.7. The summed E-state index contributed by atoms with van der Waals surface area (Å²) in [6.07, 6.45) is 4.31.